The van der Waals surface area contributed by atoms with E-state index in [9.17, 15) is 39.3 Å². The van der Waals surface area contributed by atoms with Gasteiger partial charge in [0.2, 0.25) is 17.6 Å². The molecule has 0 radical (unpaired) electrons. The van der Waals surface area contributed by atoms with Gasteiger partial charge in [-0.2, -0.15) is 0 Å². The standard InChI is InChI=1S/C30H25BrCl2N2O10/c1-44-19-7-12(8-20(45-2)23(19)37)22-14-5-6-16-21(17(14)10-29(32)27(42)34(11-31)28(43)30(22,29)33)25(39)35(24(16)38)13-3-4-15(26(40)41)18(36)9-13/h3-5,7-9,16-17,21-22,36-37H,6,10-11H2,1-2H3,(H,40,41). The molecule has 0 spiro atoms. The van der Waals surface area contributed by atoms with Crippen molar-refractivity contribution in [3.05, 3.63) is 53.1 Å². The van der Waals surface area contributed by atoms with Gasteiger partial charge in [0, 0.05) is 12.0 Å². The number of phenolic OH excluding ortho intramolecular Hbond substituents is 1. The summed E-state index contributed by atoms with van der Waals surface area (Å²) in [5.41, 5.74) is 0.198. The number of imide groups is 2. The second kappa shape index (κ2) is 10.6. The van der Waals surface area contributed by atoms with Gasteiger partial charge in [-0.05, 0) is 48.6 Å². The minimum absolute atomic E-state index is 0.00164. The van der Waals surface area contributed by atoms with E-state index in [1.54, 1.807) is 6.08 Å². The number of phenols is 2. The van der Waals surface area contributed by atoms with Gasteiger partial charge in [0.15, 0.2) is 21.2 Å². The molecule has 4 aliphatic rings. The van der Waals surface area contributed by atoms with Crippen LogP contribution in [0.3, 0.4) is 0 Å². The molecule has 0 bridgehead atoms. The molecule has 2 saturated heterocycles. The third kappa shape index (κ3) is 4.06. The first-order valence-electron chi connectivity index (χ1n) is 13.7. The maximum Gasteiger partial charge on any atom is 0.339 e. The van der Waals surface area contributed by atoms with Gasteiger partial charge >= 0.3 is 5.97 Å². The molecule has 0 aromatic heterocycles. The van der Waals surface area contributed by atoms with E-state index in [-0.39, 0.29) is 41.2 Å². The van der Waals surface area contributed by atoms with Crippen molar-refractivity contribution in [2.24, 2.45) is 17.8 Å². The zero-order chi connectivity index (χ0) is 32.7. The summed E-state index contributed by atoms with van der Waals surface area (Å²) in [6.45, 7) is 0. The van der Waals surface area contributed by atoms with E-state index in [1.165, 1.54) is 32.4 Å². The number of aromatic hydroxyl groups is 2. The van der Waals surface area contributed by atoms with Crippen LogP contribution in [0.15, 0.2) is 42.0 Å². The molecule has 2 heterocycles. The van der Waals surface area contributed by atoms with Crippen molar-refractivity contribution in [2.45, 2.75) is 28.5 Å². The highest BCUT2D eigenvalue weighted by molar-refractivity contribution is 9.09. The molecule has 3 fully saturated rings. The summed E-state index contributed by atoms with van der Waals surface area (Å²) in [7, 11) is 2.65. The molecule has 4 amide bonds. The third-order valence-corrected chi connectivity index (χ3v) is 11.2. The van der Waals surface area contributed by atoms with Crippen molar-refractivity contribution >= 4 is 74.4 Å². The molecule has 1 saturated carbocycles. The number of methoxy groups -OCH3 is 2. The fourth-order valence-corrected chi connectivity index (χ4v) is 8.73. The third-order valence-electron chi connectivity index (χ3n) is 9.32. The second-order valence-electron chi connectivity index (χ2n) is 11.3. The number of halogens is 3. The van der Waals surface area contributed by atoms with E-state index in [4.69, 9.17) is 32.7 Å². The molecule has 6 atom stereocenters. The summed E-state index contributed by atoms with van der Waals surface area (Å²) in [5, 5.41) is 30.2. The van der Waals surface area contributed by atoms with Crippen molar-refractivity contribution < 1.29 is 48.8 Å². The number of anilines is 1. The van der Waals surface area contributed by atoms with E-state index in [1.807, 2.05) is 0 Å². The van der Waals surface area contributed by atoms with Gasteiger partial charge in [-0.15, -0.1) is 23.2 Å². The molecule has 2 aliphatic carbocycles. The van der Waals surface area contributed by atoms with Crippen LogP contribution in [0.1, 0.15) is 34.7 Å². The summed E-state index contributed by atoms with van der Waals surface area (Å²) in [4.78, 5) is 64.7. The number of allylic oxidation sites excluding steroid dienone is 2. The van der Waals surface area contributed by atoms with Gasteiger partial charge < -0.3 is 24.8 Å². The molecule has 45 heavy (non-hydrogen) atoms. The number of ether oxygens (including phenoxy) is 2. The number of nitrogens with zero attached hydrogens (tertiary/aromatic N) is 2. The molecule has 236 valence electrons. The van der Waals surface area contributed by atoms with Crippen LogP contribution in [-0.4, -0.2) is 79.2 Å². The minimum Gasteiger partial charge on any atom is -0.507 e. The monoisotopic (exact) mass is 722 g/mol. The molecule has 6 rings (SSSR count). The Morgan fingerprint density at radius 2 is 1.64 bits per heavy atom. The summed E-state index contributed by atoms with van der Waals surface area (Å²) in [6.07, 6.45) is 1.56. The van der Waals surface area contributed by atoms with E-state index < -0.39 is 74.3 Å². The van der Waals surface area contributed by atoms with Crippen LogP contribution in [0.2, 0.25) is 0 Å². The quantitative estimate of drug-likeness (QED) is 0.173. The highest BCUT2D eigenvalue weighted by atomic mass is 79.9. The summed E-state index contributed by atoms with van der Waals surface area (Å²) < 4.78 is 10.7. The molecule has 2 aromatic rings. The predicted molar refractivity (Wildman–Crippen MR) is 162 cm³/mol. The van der Waals surface area contributed by atoms with Gasteiger partial charge in [0.05, 0.1) is 37.2 Å². The van der Waals surface area contributed by atoms with Gasteiger partial charge in [-0.3, -0.25) is 24.1 Å². The van der Waals surface area contributed by atoms with Crippen LogP contribution < -0.4 is 14.4 Å². The zero-order valence-corrected chi connectivity index (χ0v) is 26.7. The molecular formula is C30H25BrCl2N2O10. The lowest BCUT2D eigenvalue weighted by Gasteiger charge is -2.50. The second-order valence-corrected chi connectivity index (χ2v) is 13.0. The minimum atomic E-state index is -2.08. The number of carboxylic acids is 1. The van der Waals surface area contributed by atoms with Crippen molar-refractivity contribution in [2.75, 3.05) is 24.6 Å². The fraction of sp³-hybridized carbons (Fsp3) is 0.367. The SMILES string of the molecule is COc1cc(C2C3=CCC4C(=O)N(c5ccc(C(=O)O)c(O)c5)C(=O)C4C3CC3(Cl)C(=O)N(CBr)C(=O)C23Cl)cc(OC)c1O. The van der Waals surface area contributed by atoms with Gasteiger partial charge in [-0.1, -0.05) is 27.6 Å². The Kier molecular flexibility index (Phi) is 7.37. The summed E-state index contributed by atoms with van der Waals surface area (Å²) in [5.74, 6) is -8.95. The van der Waals surface area contributed by atoms with Crippen molar-refractivity contribution in [3.63, 3.8) is 0 Å². The lowest BCUT2D eigenvalue weighted by molar-refractivity contribution is -0.138. The number of benzene rings is 2. The van der Waals surface area contributed by atoms with Gasteiger partial charge in [-0.25, -0.2) is 9.69 Å². The first-order chi connectivity index (χ1) is 21.3. The van der Waals surface area contributed by atoms with Gasteiger partial charge in [0.1, 0.15) is 11.3 Å². The summed E-state index contributed by atoms with van der Waals surface area (Å²) >= 11 is 17.6. The van der Waals surface area contributed by atoms with Crippen molar-refractivity contribution in [3.8, 4) is 23.0 Å². The normalized spacial score (nSPS) is 30.6. The van der Waals surface area contributed by atoms with Crippen LogP contribution in [-0.2, 0) is 19.2 Å². The Morgan fingerprint density at radius 1 is 1.00 bits per heavy atom. The molecule has 12 nitrogen and oxygen atoms in total. The van der Waals surface area contributed by atoms with Crippen molar-refractivity contribution in [1.82, 2.24) is 4.90 Å². The number of carbonyl (C=O) groups is 5. The Hall–Kier alpha value is -3.81. The van der Waals surface area contributed by atoms with E-state index in [0.717, 1.165) is 21.9 Å². The average molecular weight is 724 g/mol. The van der Waals surface area contributed by atoms with E-state index in [0.29, 0.717) is 11.1 Å². The molecule has 15 heteroatoms. The van der Waals surface area contributed by atoms with E-state index in [2.05, 4.69) is 15.9 Å². The van der Waals surface area contributed by atoms with Gasteiger partial charge in [0.25, 0.3) is 11.8 Å². The Labute approximate surface area is 274 Å². The molecule has 3 N–H and O–H groups in total. The number of hydrogen-bond donors (Lipinski definition) is 3. The highest BCUT2D eigenvalue weighted by Crippen LogP contribution is 2.66. The number of carboxylic acid groups (broad SMARTS) is 1. The van der Waals surface area contributed by atoms with Crippen LogP contribution in [0.4, 0.5) is 5.69 Å². The van der Waals surface area contributed by atoms with Crippen LogP contribution in [0.5, 0.6) is 23.0 Å². The summed E-state index contributed by atoms with van der Waals surface area (Å²) in [6, 6.07) is 6.28. The topological polar surface area (TPSA) is 171 Å². The van der Waals surface area contributed by atoms with Crippen molar-refractivity contribution in [1.29, 1.82) is 0 Å². The first kappa shape index (κ1) is 31.2. The number of likely N-dealkylation sites (tertiary alicyclic amines) is 1. The number of alkyl halides is 3. The zero-order valence-electron chi connectivity index (χ0n) is 23.6. The predicted octanol–water partition coefficient (Wildman–Crippen LogP) is 3.73. The number of fused-ring (bicyclic) bond motifs is 4. The Balaban J connectivity index is 1.52. The smallest absolute Gasteiger partial charge is 0.339 e. The lowest BCUT2D eigenvalue weighted by atomic mass is 9.56. The lowest BCUT2D eigenvalue weighted by Crippen LogP contribution is -2.60. The van der Waals surface area contributed by atoms with E-state index >= 15 is 0 Å². The maximum atomic E-state index is 14.1. The molecule has 2 aromatic carbocycles. The number of rotatable bonds is 6. The molecule has 6 unspecified atom stereocenters. The molecular weight excluding hydrogens is 699 g/mol. The number of amides is 4. The highest BCUT2D eigenvalue weighted by Gasteiger charge is 2.76. The Morgan fingerprint density at radius 3 is 2.20 bits per heavy atom. The molecule has 2 aliphatic heterocycles. The van der Waals surface area contributed by atoms with Crippen LogP contribution in [0, 0.1) is 17.8 Å². The average Bonchev–Trinajstić information content (AvgIpc) is 3.34. The van der Waals surface area contributed by atoms with Crippen LogP contribution in [0.25, 0.3) is 0 Å². The fourth-order valence-electron chi connectivity index (χ4n) is 7.30. The number of aromatic carboxylic acids is 1. The number of carbonyl (C=O) groups excluding carboxylic acids is 4. The largest absolute Gasteiger partial charge is 0.507 e. The number of hydrogen-bond acceptors (Lipinski definition) is 9. The van der Waals surface area contributed by atoms with Crippen LogP contribution >= 0.6 is 39.1 Å². The maximum absolute atomic E-state index is 14.1. The Bertz CT molecular complexity index is 1720. The first-order valence-corrected chi connectivity index (χ1v) is 15.5.